The maximum Gasteiger partial charge on any atom is 0.244 e. The van der Waals surface area contributed by atoms with Crippen LogP contribution in [0.4, 0.5) is 8.78 Å². The van der Waals surface area contributed by atoms with Gasteiger partial charge in [0.2, 0.25) is 23.6 Å². The van der Waals surface area contributed by atoms with Crippen molar-refractivity contribution in [3.63, 3.8) is 0 Å². The van der Waals surface area contributed by atoms with Gasteiger partial charge in [0, 0.05) is 47.9 Å². The van der Waals surface area contributed by atoms with Crippen LogP contribution < -0.4 is 0 Å². The first kappa shape index (κ1) is 43.6. The molecule has 322 valence electrons. The Labute approximate surface area is 352 Å². The molecule has 0 aliphatic heterocycles. The summed E-state index contributed by atoms with van der Waals surface area (Å²) in [5.74, 6) is 2.32. The number of aliphatic hydroxyl groups is 1. The van der Waals surface area contributed by atoms with Crippen LogP contribution in [0.5, 0.6) is 0 Å². The fourth-order valence-corrected chi connectivity index (χ4v) is 8.47. The summed E-state index contributed by atoms with van der Waals surface area (Å²) >= 11 is 0. The highest BCUT2D eigenvalue weighted by atomic mass is 28.4. The van der Waals surface area contributed by atoms with Gasteiger partial charge in [-0.1, -0.05) is 55.4 Å². The largest absolute Gasteiger partial charge is 0.422 e. The Morgan fingerprint density at radius 2 is 1.18 bits per heavy atom. The minimum atomic E-state index is -1.94. The molecule has 2 aliphatic carbocycles. The van der Waals surface area contributed by atoms with Crippen molar-refractivity contribution < 1.29 is 45.8 Å². The Bertz CT molecular complexity index is 2460. The van der Waals surface area contributed by atoms with Crippen molar-refractivity contribution >= 4 is 19.9 Å². The van der Waals surface area contributed by atoms with Crippen LogP contribution in [0.25, 0.3) is 22.6 Å². The maximum absolute atomic E-state index is 13.4. The van der Waals surface area contributed by atoms with E-state index in [1.807, 2.05) is 6.92 Å². The Morgan fingerprint density at radius 1 is 0.738 bits per heavy atom. The number of aliphatic hydroxyl groups excluding tert-OH is 1. The number of rotatable bonds is 14. The minimum Gasteiger partial charge on any atom is -0.422 e. The average Bonchev–Trinajstić information content (AvgIpc) is 4.01. The number of halogens is 2. The van der Waals surface area contributed by atoms with E-state index in [0.29, 0.717) is 53.2 Å². The molecule has 6 aromatic rings. The normalized spacial score (nSPS) is 19.9. The Hall–Kier alpha value is -5.52. The van der Waals surface area contributed by atoms with Crippen molar-refractivity contribution in [2.75, 3.05) is 0 Å². The second kappa shape index (κ2) is 17.8. The summed E-state index contributed by atoms with van der Waals surface area (Å²) in [4.78, 5) is 25.1. The highest BCUT2D eigenvalue weighted by Crippen LogP contribution is 2.45. The first-order valence-corrected chi connectivity index (χ1v) is 23.4. The molecule has 2 fully saturated rings. The molecule has 4 heterocycles. The molecule has 14 nitrogen and oxygen atoms in total. The lowest BCUT2D eigenvalue weighted by Crippen LogP contribution is -2.41. The summed E-state index contributed by atoms with van der Waals surface area (Å²) in [7, 11) is -1.94. The smallest absolute Gasteiger partial charge is 0.244 e. The van der Waals surface area contributed by atoms with Crippen LogP contribution in [0.2, 0.25) is 18.1 Å². The topological polar surface area (TPSA) is 193 Å². The Kier molecular flexibility index (Phi) is 12.7. The number of hydrogen-bond acceptors (Lipinski definition) is 14. The van der Waals surface area contributed by atoms with E-state index in [1.54, 1.807) is 43.3 Å². The van der Waals surface area contributed by atoms with Crippen LogP contribution in [0.1, 0.15) is 142 Å². The van der Waals surface area contributed by atoms with Gasteiger partial charge in [-0.25, -0.2) is 8.78 Å². The fraction of sp³-hybridized carbons (Fsp3) is 0.455. The first-order chi connectivity index (χ1) is 28.9. The second-order valence-electron chi connectivity index (χ2n) is 17.7. The standard InChI is InChI=1S/C25H32FN3O4Si.C19H18FN3O4/c1-15(33-34(5,6)25(2,3)4)23-27-28-24(31-23)18-10-16(11-18)12-21(30)20-14-22(32-29-20)17-8-7-9-19(26)13-17;1-10(24)18-21-22-19(26-18)13-5-11(6-13)7-16(25)15-9-17(27-23-15)12-3-2-4-14(20)8-12/h7-9,13-16,18H,10-12H2,1-6H3;2-4,8-11,13,24H,5-7H2,1H3/t15-,16?,18?;10-,11?,13?/m11/s1. The molecule has 2 saturated carbocycles. The van der Waals surface area contributed by atoms with E-state index in [-0.39, 0.29) is 75.3 Å². The number of ketones is 2. The summed E-state index contributed by atoms with van der Waals surface area (Å²) in [6.07, 6.45) is 2.82. The third-order valence-electron chi connectivity index (χ3n) is 11.8. The first-order valence-electron chi connectivity index (χ1n) is 20.5. The molecule has 2 aliphatic rings. The third kappa shape index (κ3) is 10.3. The van der Waals surface area contributed by atoms with Crippen molar-refractivity contribution in [1.29, 1.82) is 0 Å². The van der Waals surface area contributed by atoms with Crippen LogP contribution in [0.3, 0.4) is 0 Å². The number of carbonyl (C=O) groups is 2. The molecular weight excluding hydrogens is 807 g/mol. The highest BCUT2D eigenvalue weighted by molar-refractivity contribution is 6.74. The van der Waals surface area contributed by atoms with E-state index in [9.17, 15) is 23.5 Å². The molecule has 4 aromatic heterocycles. The van der Waals surface area contributed by atoms with Crippen molar-refractivity contribution in [2.45, 2.75) is 115 Å². The predicted octanol–water partition coefficient (Wildman–Crippen LogP) is 10.4. The average molecular weight is 857 g/mol. The maximum atomic E-state index is 13.4. The Morgan fingerprint density at radius 3 is 1.59 bits per heavy atom. The number of carbonyl (C=O) groups excluding carboxylic acids is 2. The molecule has 0 bridgehead atoms. The number of benzene rings is 2. The molecule has 0 radical (unpaired) electrons. The van der Waals surface area contributed by atoms with Gasteiger partial charge in [-0.3, -0.25) is 9.59 Å². The van der Waals surface area contributed by atoms with Crippen LogP contribution in [0.15, 0.2) is 78.5 Å². The molecule has 0 saturated heterocycles. The van der Waals surface area contributed by atoms with Gasteiger partial charge in [0.25, 0.3) is 0 Å². The monoisotopic (exact) mass is 856 g/mol. The van der Waals surface area contributed by atoms with E-state index in [2.05, 4.69) is 64.6 Å². The van der Waals surface area contributed by atoms with Gasteiger partial charge in [-0.05, 0) is 93.8 Å². The van der Waals surface area contributed by atoms with Crippen molar-refractivity contribution in [3.8, 4) is 22.6 Å². The molecule has 0 spiro atoms. The molecule has 8 rings (SSSR count). The van der Waals surface area contributed by atoms with E-state index in [0.717, 1.165) is 25.7 Å². The lowest BCUT2D eigenvalue weighted by Gasteiger charge is -2.37. The predicted molar refractivity (Wildman–Crippen MR) is 219 cm³/mol. The highest BCUT2D eigenvalue weighted by Gasteiger charge is 2.41. The van der Waals surface area contributed by atoms with E-state index < -0.39 is 14.4 Å². The second-order valence-corrected chi connectivity index (χ2v) is 22.4. The van der Waals surface area contributed by atoms with E-state index in [1.165, 1.54) is 24.3 Å². The molecule has 61 heavy (non-hydrogen) atoms. The minimum absolute atomic E-state index is 0.0857. The zero-order valence-electron chi connectivity index (χ0n) is 35.2. The SMILES string of the molecule is C[C@@H](O)c1nnc(C2CC(CC(=O)c3cc(-c4cccc(F)c4)on3)C2)o1.C[C@@H](O[Si](C)(C)C(C)(C)C)c1nnc(C2CC(CC(=O)c3cc(-c4cccc(F)c4)on3)C2)o1. The van der Waals surface area contributed by atoms with Crippen molar-refractivity contribution in [2.24, 2.45) is 11.8 Å². The number of aromatic nitrogens is 6. The Balaban J connectivity index is 0.000000189. The molecule has 1 N–H and O–H groups in total. The van der Waals surface area contributed by atoms with Gasteiger partial charge in [0.1, 0.15) is 35.2 Å². The molecule has 2 atom stereocenters. The van der Waals surface area contributed by atoms with Gasteiger partial charge in [0.05, 0.1) is 0 Å². The molecule has 17 heteroatoms. The van der Waals surface area contributed by atoms with Gasteiger partial charge in [-0.15, -0.1) is 20.4 Å². The van der Waals surface area contributed by atoms with Crippen molar-refractivity contribution in [3.05, 3.63) is 107 Å². The van der Waals surface area contributed by atoms with Crippen LogP contribution in [0, 0.1) is 23.5 Å². The quantitative estimate of drug-likeness (QED) is 0.0803. The fourth-order valence-electron chi connectivity index (χ4n) is 7.14. The number of nitrogens with zero attached hydrogens (tertiary/aromatic N) is 6. The van der Waals surface area contributed by atoms with E-state index in [4.69, 9.17) is 22.3 Å². The molecule has 0 amide bonds. The van der Waals surface area contributed by atoms with Gasteiger partial charge in [-0.2, -0.15) is 0 Å². The van der Waals surface area contributed by atoms with Gasteiger partial charge >= 0.3 is 0 Å². The van der Waals surface area contributed by atoms with Crippen molar-refractivity contribution in [1.82, 2.24) is 30.7 Å². The van der Waals surface area contributed by atoms with Crippen LogP contribution >= 0.6 is 0 Å². The summed E-state index contributed by atoms with van der Waals surface area (Å²) in [6.45, 7) is 14.5. The lowest BCUT2D eigenvalue weighted by atomic mass is 9.72. The third-order valence-corrected chi connectivity index (χ3v) is 16.4. The summed E-state index contributed by atoms with van der Waals surface area (Å²) in [5.41, 5.74) is 1.59. The molecule has 2 aromatic carbocycles. The van der Waals surface area contributed by atoms with Crippen LogP contribution in [-0.4, -0.2) is 55.7 Å². The molecule has 0 unspecified atom stereocenters. The zero-order valence-corrected chi connectivity index (χ0v) is 36.2. The summed E-state index contributed by atoms with van der Waals surface area (Å²) in [5, 5.41) is 33.5. The van der Waals surface area contributed by atoms with Crippen LogP contribution in [-0.2, 0) is 4.43 Å². The zero-order chi connectivity index (χ0) is 43.6. The number of hydrogen-bond donors (Lipinski definition) is 1. The van der Waals surface area contributed by atoms with Gasteiger partial charge in [0.15, 0.2) is 31.4 Å². The number of Topliss-reactive ketones (excluding diaryl/α,β-unsaturated/α-hetero) is 2. The molecular formula is C44H50F2N6O8Si. The summed E-state index contributed by atoms with van der Waals surface area (Å²) in [6, 6.07) is 15.1. The lowest BCUT2D eigenvalue weighted by molar-refractivity contribution is 0.0897. The summed E-state index contributed by atoms with van der Waals surface area (Å²) < 4.78 is 54.9. The van der Waals surface area contributed by atoms with Gasteiger partial charge < -0.3 is 27.4 Å². The van der Waals surface area contributed by atoms with E-state index >= 15 is 0 Å².